The molecule has 2 heterocycles. The van der Waals surface area contributed by atoms with Crippen molar-refractivity contribution in [2.75, 3.05) is 12.1 Å². The monoisotopic (exact) mass is 648 g/mol. The molecule has 0 unspecified atom stereocenters. The number of hydrogen-bond acceptors (Lipinski definition) is 9. The van der Waals surface area contributed by atoms with E-state index in [1.165, 1.54) is 24.3 Å². The number of phenolic OH excluding ortho intramolecular Hbond substituents is 1. The van der Waals surface area contributed by atoms with Crippen molar-refractivity contribution in [3.05, 3.63) is 70.7 Å². The Labute approximate surface area is 240 Å². The summed E-state index contributed by atoms with van der Waals surface area (Å²) in [4.78, 5) is 4.32. The molecule has 0 radical (unpaired) electrons. The van der Waals surface area contributed by atoms with Gasteiger partial charge in [-0.2, -0.15) is 8.42 Å². The number of nitrogens with one attached hydrogen (secondary N) is 2. The normalized spacial score (nSPS) is 17.8. The van der Waals surface area contributed by atoms with E-state index in [9.17, 15) is 21.9 Å². The first-order valence-electron chi connectivity index (χ1n) is 11.9. The van der Waals surface area contributed by atoms with E-state index in [1.54, 1.807) is 30.3 Å². The summed E-state index contributed by atoms with van der Waals surface area (Å²) in [6.45, 7) is 5.94. The average Bonchev–Trinajstić information content (AvgIpc) is 3.46. The van der Waals surface area contributed by atoms with Gasteiger partial charge in [0.1, 0.15) is 4.90 Å². The van der Waals surface area contributed by atoms with Crippen molar-refractivity contribution in [2.24, 2.45) is 14.8 Å². The number of phenols is 1. The van der Waals surface area contributed by atoms with Crippen LogP contribution in [0.2, 0.25) is 0 Å². The zero-order chi connectivity index (χ0) is 28.9. The highest BCUT2D eigenvalue weighted by Gasteiger charge is 2.34. The van der Waals surface area contributed by atoms with Crippen LogP contribution in [0.25, 0.3) is 0 Å². The minimum Gasteiger partial charge on any atom is -0.504 e. The van der Waals surface area contributed by atoms with Gasteiger partial charge in [0.25, 0.3) is 0 Å². The number of amidine groups is 2. The number of anilines is 1. The van der Waals surface area contributed by atoms with Crippen LogP contribution in [-0.4, -0.2) is 40.4 Å². The van der Waals surface area contributed by atoms with E-state index < -0.39 is 37.3 Å². The summed E-state index contributed by atoms with van der Waals surface area (Å²) in [7, 11) is -8.27. The van der Waals surface area contributed by atoms with Gasteiger partial charge in [-0.3, -0.25) is 4.99 Å². The van der Waals surface area contributed by atoms with Crippen LogP contribution in [0, 0.1) is 5.41 Å². The molecule has 2 aliphatic rings. The number of sulfone groups is 1. The Morgan fingerprint density at radius 2 is 1.77 bits per heavy atom. The third-order valence-corrected chi connectivity index (χ3v) is 9.20. The summed E-state index contributed by atoms with van der Waals surface area (Å²) in [6, 6.07) is 15.1. The molecule has 3 aromatic carbocycles. The molecule has 2 aliphatic heterocycles. The first kappa shape index (κ1) is 27.9. The maximum atomic E-state index is 13.3. The summed E-state index contributed by atoms with van der Waals surface area (Å²) >= 11 is 3.28. The second-order valence-electron chi connectivity index (χ2n) is 10.1. The van der Waals surface area contributed by atoms with Crippen LogP contribution in [0.5, 0.6) is 17.2 Å². The molecule has 14 heteroatoms. The van der Waals surface area contributed by atoms with Crippen molar-refractivity contribution in [3.8, 4) is 17.2 Å². The molecule has 3 N–H and O–H groups in total. The van der Waals surface area contributed by atoms with Gasteiger partial charge in [0.05, 0.1) is 16.6 Å². The third kappa shape index (κ3) is 5.51. The Kier molecular flexibility index (Phi) is 7.04. The standard InChI is InChI=1S/C26H25BrN4O7S2/c1-26(2,3)23(15-9-10-19-20(11-15)38-14-37-19)29-25-24(30-40(35,36)31-25)28-18-12-16(27)13-21(22(18)32)39(33,34)17-7-5-4-6-8-17/h4-13,23,32H,14H2,1-3H3,(H,28,30)(H,29,31)/t23-/m0/s1. The topological polar surface area (TPSA) is 156 Å². The molecular weight excluding hydrogens is 624 g/mol. The minimum absolute atomic E-state index is 0.0178. The molecule has 1 atom stereocenters. The smallest absolute Gasteiger partial charge is 0.345 e. The highest BCUT2D eigenvalue weighted by molar-refractivity contribution is 9.10. The van der Waals surface area contributed by atoms with Gasteiger partial charge in [0, 0.05) is 4.47 Å². The molecule has 0 saturated carbocycles. The van der Waals surface area contributed by atoms with E-state index in [4.69, 9.17) is 14.5 Å². The number of nitrogens with zero attached hydrogens (tertiary/aromatic N) is 2. The fraction of sp³-hybridized carbons (Fsp3) is 0.231. The van der Waals surface area contributed by atoms with Gasteiger partial charge in [0.15, 0.2) is 28.9 Å². The van der Waals surface area contributed by atoms with Gasteiger partial charge in [-0.25, -0.2) is 13.1 Å². The molecule has 5 rings (SSSR count). The molecule has 0 spiro atoms. The molecule has 0 bridgehead atoms. The Morgan fingerprint density at radius 3 is 2.48 bits per heavy atom. The van der Waals surface area contributed by atoms with Crippen LogP contribution in [0.3, 0.4) is 0 Å². The predicted octanol–water partition coefficient (Wildman–Crippen LogP) is 4.56. The molecule has 0 aliphatic carbocycles. The minimum atomic E-state index is -4.16. The predicted molar refractivity (Wildman–Crippen MR) is 153 cm³/mol. The summed E-state index contributed by atoms with van der Waals surface area (Å²) in [6.07, 6.45) is 0. The number of halogens is 1. The van der Waals surface area contributed by atoms with Gasteiger partial charge in [-0.1, -0.05) is 61.0 Å². The number of benzene rings is 3. The second-order valence-corrected chi connectivity index (χ2v) is 14.3. The maximum Gasteiger partial charge on any atom is 0.345 e. The third-order valence-electron chi connectivity index (χ3n) is 6.09. The van der Waals surface area contributed by atoms with Crippen molar-refractivity contribution in [1.29, 1.82) is 0 Å². The van der Waals surface area contributed by atoms with Crippen LogP contribution in [0.4, 0.5) is 5.69 Å². The van der Waals surface area contributed by atoms with Crippen molar-refractivity contribution >= 4 is 53.3 Å². The Bertz CT molecular complexity index is 1770. The van der Waals surface area contributed by atoms with E-state index >= 15 is 0 Å². The molecule has 40 heavy (non-hydrogen) atoms. The first-order chi connectivity index (χ1) is 18.7. The van der Waals surface area contributed by atoms with E-state index in [0.29, 0.717) is 16.0 Å². The number of ether oxygens (including phenoxy) is 2. The van der Waals surface area contributed by atoms with Crippen LogP contribution in [0.15, 0.2) is 84.3 Å². The van der Waals surface area contributed by atoms with E-state index in [1.807, 2.05) is 26.8 Å². The molecule has 0 aromatic heterocycles. The maximum absolute atomic E-state index is 13.3. The summed E-state index contributed by atoms with van der Waals surface area (Å²) in [5, 5.41) is 13.8. The molecule has 3 aromatic rings. The second kappa shape index (κ2) is 10.1. The van der Waals surface area contributed by atoms with Crippen molar-refractivity contribution < 1.29 is 31.4 Å². The van der Waals surface area contributed by atoms with Crippen molar-refractivity contribution in [1.82, 2.24) is 4.72 Å². The Hall–Kier alpha value is -3.62. The number of rotatable bonds is 5. The SMILES string of the molecule is CC(C)(C)[C@@H](N=C1NS(=O)(=O)N=C1Nc1cc(Br)cc(S(=O)(=O)c2ccccc2)c1O)c1ccc2c(c1)OCO2. The molecular formula is C26H25BrN4O7S2. The van der Waals surface area contributed by atoms with Gasteiger partial charge < -0.3 is 19.9 Å². The van der Waals surface area contributed by atoms with Gasteiger partial charge in [0.2, 0.25) is 16.6 Å². The number of fused-ring (bicyclic) bond motifs is 1. The molecule has 11 nitrogen and oxygen atoms in total. The molecule has 0 saturated heterocycles. The largest absolute Gasteiger partial charge is 0.504 e. The van der Waals surface area contributed by atoms with Crippen molar-refractivity contribution in [2.45, 2.75) is 36.6 Å². The Balaban J connectivity index is 1.55. The molecule has 0 amide bonds. The highest BCUT2D eigenvalue weighted by Crippen LogP contribution is 2.42. The van der Waals surface area contributed by atoms with Gasteiger partial charge in [-0.05, 0) is 47.4 Å². The summed E-state index contributed by atoms with van der Waals surface area (Å²) < 4.78 is 68.8. The zero-order valence-electron chi connectivity index (χ0n) is 21.5. The van der Waals surface area contributed by atoms with E-state index in [2.05, 4.69) is 30.4 Å². The first-order valence-corrected chi connectivity index (χ1v) is 15.7. The van der Waals surface area contributed by atoms with Crippen LogP contribution < -0.4 is 19.5 Å². The number of aromatic hydroxyl groups is 1. The molecule has 0 fully saturated rings. The van der Waals surface area contributed by atoms with E-state index in [-0.39, 0.29) is 33.9 Å². The van der Waals surface area contributed by atoms with Gasteiger partial charge >= 0.3 is 10.2 Å². The highest BCUT2D eigenvalue weighted by atomic mass is 79.9. The average molecular weight is 650 g/mol. The lowest BCUT2D eigenvalue weighted by Gasteiger charge is -2.28. The Morgan fingerprint density at radius 1 is 1.07 bits per heavy atom. The van der Waals surface area contributed by atoms with Gasteiger partial charge in [-0.15, -0.1) is 4.40 Å². The molecule has 210 valence electrons. The van der Waals surface area contributed by atoms with Crippen molar-refractivity contribution in [3.63, 3.8) is 0 Å². The quantitative estimate of drug-likeness (QED) is 0.340. The summed E-state index contributed by atoms with van der Waals surface area (Å²) in [5.41, 5.74) is 0.176. The lowest BCUT2D eigenvalue weighted by molar-refractivity contribution is 0.174. The summed E-state index contributed by atoms with van der Waals surface area (Å²) in [5.74, 6) is 0.218. The van der Waals surface area contributed by atoms with Crippen LogP contribution in [-0.2, 0) is 20.0 Å². The van der Waals surface area contributed by atoms with E-state index in [0.717, 1.165) is 5.56 Å². The van der Waals surface area contributed by atoms with Crippen LogP contribution >= 0.6 is 15.9 Å². The fourth-order valence-corrected chi connectivity index (χ4v) is 7.07. The fourth-order valence-electron chi connectivity index (χ4n) is 4.24. The number of hydrogen-bond donors (Lipinski definition) is 3. The zero-order valence-corrected chi connectivity index (χ0v) is 24.8. The van der Waals surface area contributed by atoms with Crippen LogP contribution in [0.1, 0.15) is 32.4 Å². The lowest BCUT2D eigenvalue weighted by atomic mass is 9.82. The lowest BCUT2D eigenvalue weighted by Crippen LogP contribution is -2.32. The number of aliphatic imine (C=N–C) groups is 1.